The van der Waals surface area contributed by atoms with E-state index in [0.29, 0.717) is 0 Å². The van der Waals surface area contributed by atoms with E-state index in [1.807, 2.05) is 18.5 Å². The molecule has 8 rings (SSSR count). The molecule has 46 heavy (non-hydrogen) atoms. The summed E-state index contributed by atoms with van der Waals surface area (Å²) in [6.45, 7) is 6.97. The second kappa shape index (κ2) is 11.3. The Labute approximate surface area is 271 Å². The third kappa shape index (κ3) is 5.03. The van der Waals surface area contributed by atoms with Crippen LogP contribution < -0.4 is 0 Å². The van der Waals surface area contributed by atoms with Crippen molar-refractivity contribution >= 4 is 37.9 Å². The van der Waals surface area contributed by atoms with Crippen LogP contribution in [0.25, 0.3) is 71.3 Å². The van der Waals surface area contributed by atoms with Crippen LogP contribution in [0.5, 0.6) is 0 Å². The first-order valence-electron chi connectivity index (χ1n) is 16.3. The van der Waals surface area contributed by atoms with E-state index in [0.717, 1.165) is 18.4 Å². The third-order valence-corrected chi connectivity index (χ3v) is 9.71. The van der Waals surface area contributed by atoms with Crippen LogP contribution in [0.3, 0.4) is 0 Å². The molecule has 0 amide bonds. The molecule has 1 aromatic heterocycles. The van der Waals surface area contributed by atoms with Crippen LogP contribution in [0.1, 0.15) is 39.2 Å². The molecular formula is C45H37N. The zero-order valence-corrected chi connectivity index (χ0v) is 26.7. The molecule has 0 aliphatic heterocycles. The summed E-state index contributed by atoms with van der Waals surface area (Å²) in [6.07, 6.45) is 10.7. The van der Waals surface area contributed by atoms with E-state index in [4.69, 9.17) is 0 Å². The summed E-state index contributed by atoms with van der Waals surface area (Å²) in [5, 5.41) is 7.79. The van der Waals surface area contributed by atoms with Gasteiger partial charge in [0.1, 0.15) is 0 Å². The number of fused-ring (bicyclic) bond motifs is 3. The monoisotopic (exact) mass is 591 g/mol. The van der Waals surface area contributed by atoms with Crippen LogP contribution in [-0.2, 0) is 0 Å². The van der Waals surface area contributed by atoms with Gasteiger partial charge in [0.05, 0.1) is 0 Å². The van der Waals surface area contributed by atoms with Gasteiger partial charge in [-0.1, -0.05) is 142 Å². The molecule has 0 spiro atoms. The molecule has 1 nitrogen and oxygen atoms in total. The van der Waals surface area contributed by atoms with Crippen LogP contribution in [0.2, 0.25) is 0 Å². The van der Waals surface area contributed by atoms with Gasteiger partial charge in [-0.2, -0.15) is 0 Å². The number of rotatable bonds is 4. The average molecular weight is 592 g/mol. The maximum Gasteiger partial charge on any atom is 0.0346 e. The van der Waals surface area contributed by atoms with Crippen molar-refractivity contribution in [2.45, 2.75) is 33.6 Å². The SMILES string of the molecule is CC(C)(C)C1=CC=C(c2c3ccccc3c(-c3ccc4cc(-c5ccc(-c6cccnc6)cc5)ccc4c3)c3ccccc23)CC1. The van der Waals surface area contributed by atoms with Gasteiger partial charge < -0.3 is 0 Å². The fourth-order valence-electron chi connectivity index (χ4n) is 7.23. The number of hydrogen-bond acceptors (Lipinski definition) is 1. The molecule has 0 N–H and O–H groups in total. The third-order valence-electron chi connectivity index (χ3n) is 9.71. The maximum atomic E-state index is 4.27. The smallest absolute Gasteiger partial charge is 0.0346 e. The number of nitrogens with zero attached hydrogens (tertiary/aromatic N) is 1. The lowest BCUT2D eigenvalue weighted by atomic mass is 9.78. The Morgan fingerprint density at radius 1 is 0.478 bits per heavy atom. The number of pyridine rings is 1. The summed E-state index contributed by atoms with van der Waals surface area (Å²) in [5.74, 6) is 0. The fourth-order valence-corrected chi connectivity index (χ4v) is 7.23. The van der Waals surface area contributed by atoms with Gasteiger partial charge in [-0.05, 0) is 113 Å². The first kappa shape index (κ1) is 28.2. The number of hydrogen-bond donors (Lipinski definition) is 0. The first-order chi connectivity index (χ1) is 22.4. The van der Waals surface area contributed by atoms with Crippen LogP contribution >= 0.6 is 0 Å². The Kier molecular flexibility index (Phi) is 6.91. The van der Waals surface area contributed by atoms with Crippen molar-refractivity contribution in [2.75, 3.05) is 0 Å². The summed E-state index contributed by atoms with van der Waals surface area (Å²) in [7, 11) is 0. The van der Waals surface area contributed by atoms with E-state index in [1.54, 1.807) is 0 Å². The van der Waals surface area contributed by atoms with Gasteiger partial charge in [0.25, 0.3) is 0 Å². The lowest BCUT2D eigenvalue weighted by Gasteiger charge is -2.27. The Bertz CT molecular complexity index is 2260. The van der Waals surface area contributed by atoms with E-state index in [1.165, 1.54) is 76.8 Å². The largest absolute Gasteiger partial charge is 0.264 e. The summed E-state index contributed by atoms with van der Waals surface area (Å²) in [5.41, 5.74) is 11.9. The lowest BCUT2D eigenvalue weighted by molar-refractivity contribution is 0.482. The predicted molar refractivity (Wildman–Crippen MR) is 198 cm³/mol. The van der Waals surface area contributed by atoms with Crippen molar-refractivity contribution in [3.05, 3.63) is 157 Å². The first-order valence-corrected chi connectivity index (χ1v) is 16.3. The van der Waals surface area contributed by atoms with E-state index in [-0.39, 0.29) is 5.41 Å². The lowest BCUT2D eigenvalue weighted by Crippen LogP contribution is -2.11. The van der Waals surface area contributed by atoms with E-state index < -0.39 is 0 Å². The second-order valence-corrected chi connectivity index (χ2v) is 13.6. The Morgan fingerprint density at radius 3 is 1.57 bits per heavy atom. The molecule has 0 saturated carbocycles. The zero-order chi connectivity index (χ0) is 31.3. The maximum absolute atomic E-state index is 4.27. The Hall–Kier alpha value is -5.27. The van der Waals surface area contributed by atoms with Crippen LogP contribution in [0.4, 0.5) is 0 Å². The van der Waals surface area contributed by atoms with Gasteiger partial charge >= 0.3 is 0 Å². The molecule has 0 bridgehead atoms. The van der Waals surface area contributed by atoms with Gasteiger partial charge in [0.15, 0.2) is 0 Å². The van der Waals surface area contributed by atoms with Crippen molar-refractivity contribution in [3.8, 4) is 33.4 Å². The standard InChI is InChI=1S/C45H37N/c1-45(2,3)38-24-22-32(23-25-38)43-39-10-4-6-12-41(39)44(42-13-7-5-11-40(42)43)36-21-20-34-27-33(18-19-35(34)28-36)30-14-16-31(17-15-30)37-9-8-26-46-29-37/h4-22,24,26-29H,23,25H2,1-3H3. The van der Waals surface area contributed by atoms with Crippen molar-refractivity contribution in [2.24, 2.45) is 5.41 Å². The predicted octanol–water partition coefficient (Wildman–Crippen LogP) is 12.7. The molecule has 1 heterocycles. The topological polar surface area (TPSA) is 12.9 Å². The number of benzene rings is 6. The molecule has 0 fully saturated rings. The Balaban J connectivity index is 1.23. The van der Waals surface area contributed by atoms with Crippen molar-refractivity contribution < 1.29 is 0 Å². The molecule has 1 heteroatoms. The highest BCUT2D eigenvalue weighted by Gasteiger charge is 2.22. The molecule has 222 valence electrons. The molecule has 0 unspecified atom stereocenters. The van der Waals surface area contributed by atoms with Crippen molar-refractivity contribution in [1.29, 1.82) is 0 Å². The van der Waals surface area contributed by atoms with Gasteiger partial charge in [-0.15, -0.1) is 0 Å². The molecule has 0 radical (unpaired) electrons. The van der Waals surface area contributed by atoms with Crippen LogP contribution in [0, 0.1) is 5.41 Å². The summed E-state index contributed by atoms with van der Waals surface area (Å²) < 4.78 is 0. The zero-order valence-electron chi connectivity index (χ0n) is 26.7. The molecule has 1 aliphatic carbocycles. The molecule has 6 aromatic carbocycles. The normalized spacial score (nSPS) is 13.6. The van der Waals surface area contributed by atoms with Gasteiger partial charge in [0, 0.05) is 12.4 Å². The van der Waals surface area contributed by atoms with Gasteiger partial charge in [0.2, 0.25) is 0 Å². The molecule has 7 aromatic rings. The summed E-state index contributed by atoms with van der Waals surface area (Å²) in [4.78, 5) is 4.27. The van der Waals surface area contributed by atoms with E-state index >= 15 is 0 Å². The minimum absolute atomic E-state index is 0.206. The van der Waals surface area contributed by atoms with Gasteiger partial charge in [-0.25, -0.2) is 0 Å². The quantitative estimate of drug-likeness (QED) is 0.186. The van der Waals surface area contributed by atoms with Crippen LogP contribution in [-0.4, -0.2) is 4.98 Å². The second-order valence-electron chi connectivity index (χ2n) is 13.6. The highest BCUT2D eigenvalue weighted by molar-refractivity contribution is 6.19. The van der Waals surface area contributed by atoms with E-state index in [2.05, 4.69) is 153 Å². The number of aromatic nitrogens is 1. The average Bonchev–Trinajstić information content (AvgIpc) is 3.10. The molecule has 1 aliphatic rings. The molecule has 0 atom stereocenters. The highest BCUT2D eigenvalue weighted by atomic mass is 14.6. The summed E-state index contributed by atoms with van der Waals surface area (Å²) >= 11 is 0. The number of allylic oxidation sites excluding steroid dienone is 4. The Morgan fingerprint density at radius 2 is 1.02 bits per heavy atom. The van der Waals surface area contributed by atoms with Crippen molar-refractivity contribution in [3.63, 3.8) is 0 Å². The minimum Gasteiger partial charge on any atom is -0.264 e. The van der Waals surface area contributed by atoms with Crippen molar-refractivity contribution in [1.82, 2.24) is 4.98 Å². The molecule has 0 saturated heterocycles. The molecular weight excluding hydrogens is 555 g/mol. The highest BCUT2D eigenvalue weighted by Crippen LogP contribution is 2.45. The summed E-state index contributed by atoms with van der Waals surface area (Å²) in [6, 6.07) is 44.7. The van der Waals surface area contributed by atoms with Gasteiger partial charge in [-0.3, -0.25) is 4.98 Å². The fraction of sp³-hybridized carbons (Fsp3) is 0.133. The minimum atomic E-state index is 0.206. The van der Waals surface area contributed by atoms with Crippen LogP contribution in [0.15, 0.2) is 151 Å². The van der Waals surface area contributed by atoms with E-state index in [9.17, 15) is 0 Å².